The van der Waals surface area contributed by atoms with Crippen molar-refractivity contribution in [2.45, 2.75) is 65.2 Å². The number of phenolic OH excluding ortho intramolecular Hbond substituents is 1. The number of hydrogen-bond donors (Lipinski definition) is 1. The van der Waals surface area contributed by atoms with Crippen molar-refractivity contribution in [3.8, 4) is 11.5 Å². The number of hydrogen-bond acceptors (Lipinski definition) is 2. The average molecular weight is 328 g/mol. The van der Waals surface area contributed by atoms with Crippen molar-refractivity contribution in [2.24, 2.45) is 5.92 Å². The molecule has 0 aliphatic heterocycles. The quantitative estimate of drug-likeness (QED) is 0.480. The maximum atomic E-state index is 10.8. The van der Waals surface area contributed by atoms with E-state index >= 15 is 0 Å². The van der Waals surface area contributed by atoms with Gasteiger partial charge in [0.1, 0.15) is 11.5 Å². The summed E-state index contributed by atoms with van der Waals surface area (Å²) in [5.74, 6) is 1.68. The van der Waals surface area contributed by atoms with E-state index in [0.29, 0.717) is 11.7 Å². The van der Waals surface area contributed by atoms with Gasteiger partial charge < -0.3 is 9.84 Å². The molecule has 2 rings (SSSR count). The van der Waals surface area contributed by atoms with Gasteiger partial charge in [0.05, 0.1) is 7.11 Å². The second kappa shape index (κ2) is 8.41. The average Bonchev–Trinajstić information content (AvgIpc) is 2.54. The molecule has 1 N–H and O–H groups in total. The van der Waals surface area contributed by atoms with E-state index in [2.05, 4.69) is 39.5 Å². The Balaban J connectivity index is 2.40. The zero-order chi connectivity index (χ0) is 17.7. The number of aromatic hydroxyl groups is 1. The zero-order valence-electron chi connectivity index (χ0n) is 15.7. The van der Waals surface area contributed by atoms with Crippen LogP contribution in [0.2, 0.25) is 0 Å². The maximum absolute atomic E-state index is 10.8. The predicted octanol–water partition coefficient (Wildman–Crippen LogP) is 6.15. The molecule has 1 aliphatic carbocycles. The number of benzene rings is 1. The highest BCUT2D eigenvalue weighted by Gasteiger charge is 2.30. The van der Waals surface area contributed by atoms with E-state index in [1.807, 2.05) is 6.07 Å². The number of unbranched alkanes of at least 4 members (excludes halogenated alkanes) is 2. The molecule has 0 saturated carbocycles. The molecule has 1 aromatic rings. The summed E-state index contributed by atoms with van der Waals surface area (Å²) in [6.45, 7) is 10.6. The highest BCUT2D eigenvalue weighted by Crippen LogP contribution is 2.46. The Bertz CT molecular complexity index is 613. The predicted molar refractivity (Wildman–Crippen MR) is 102 cm³/mol. The molecule has 2 heteroatoms. The van der Waals surface area contributed by atoms with Crippen LogP contribution < -0.4 is 4.74 Å². The Labute approximate surface area is 147 Å². The second-order valence-electron chi connectivity index (χ2n) is 7.22. The topological polar surface area (TPSA) is 29.5 Å². The first-order valence-corrected chi connectivity index (χ1v) is 9.20. The number of ether oxygens (including phenoxy) is 1. The van der Waals surface area contributed by atoms with E-state index in [-0.39, 0.29) is 5.92 Å². The summed E-state index contributed by atoms with van der Waals surface area (Å²) < 4.78 is 5.67. The van der Waals surface area contributed by atoms with Crippen molar-refractivity contribution in [3.05, 3.63) is 47.1 Å². The van der Waals surface area contributed by atoms with E-state index in [4.69, 9.17) is 4.74 Å². The highest BCUT2D eigenvalue weighted by molar-refractivity contribution is 5.52. The molecule has 132 valence electrons. The smallest absolute Gasteiger partial charge is 0.126 e. The number of phenols is 1. The third-order valence-corrected chi connectivity index (χ3v) is 5.18. The van der Waals surface area contributed by atoms with Gasteiger partial charge in [-0.1, -0.05) is 43.6 Å². The standard InChI is InChI=1S/C22H32O2/c1-6-7-8-9-17-13-20(23)22(21(14-17)24-5)19-12-16(4)10-11-18(19)15(2)3/h12-14,18-19,23H,2,6-11H2,1,3-5H3/t18-,19-/m0/s1. The van der Waals surface area contributed by atoms with E-state index < -0.39 is 0 Å². The third-order valence-electron chi connectivity index (χ3n) is 5.18. The molecule has 0 unspecified atom stereocenters. The minimum absolute atomic E-state index is 0.149. The van der Waals surface area contributed by atoms with Gasteiger partial charge in [-0.3, -0.25) is 0 Å². The van der Waals surface area contributed by atoms with Crippen molar-refractivity contribution < 1.29 is 9.84 Å². The zero-order valence-corrected chi connectivity index (χ0v) is 15.7. The summed E-state index contributed by atoms with van der Waals surface area (Å²) in [5.41, 5.74) is 4.64. The van der Waals surface area contributed by atoms with Gasteiger partial charge >= 0.3 is 0 Å². The Morgan fingerprint density at radius 1 is 1.33 bits per heavy atom. The normalized spacial score (nSPS) is 20.6. The van der Waals surface area contributed by atoms with Crippen molar-refractivity contribution in [1.82, 2.24) is 0 Å². The molecule has 0 saturated heterocycles. The second-order valence-corrected chi connectivity index (χ2v) is 7.22. The van der Waals surface area contributed by atoms with Crippen LogP contribution in [0, 0.1) is 5.92 Å². The lowest BCUT2D eigenvalue weighted by Crippen LogP contribution is -2.17. The van der Waals surface area contributed by atoms with E-state index in [0.717, 1.165) is 42.6 Å². The monoisotopic (exact) mass is 328 g/mol. The van der Waals surface area contributed by atoms with Gasteiger partial charge in [-0.15, -0.1) is 0 Å². The fourth-order valence-electron chi connectivity index (χ4n) is 3.80. The fraction of sp³-hybridized carbons (Fsp3) is 0.545. The molecule has 0 radical (unpaired) electrons. The van der Waals surface area contributed by atoms with Crippen LogP contribution in [0.5, 0.6) is 11.5 Å². The first kappa shape index (κ1) is 18.6. The van der Waals surface area contributed by atoms with Crippen molar-refractivity contribution in [2.75, 3.05) is 7.11 Å². The van der Waals surface area contributed by atoms with Crippen LogP contribution in [-0.2, 0) is 6.42 Å². The van der Waals surface area contributed by atoms with Crippen LogP contribution >= 0.6 is 0 Å². The first-order valence-electron chi connectivity index (χ1n) is 9.20. The Hall–Kier alpha value is -1.70. The molecule has 2 nitrogen and oxygen atoms in total. The van der Waals surface area contributed by atoms with Crippen LogP contribution in [0.3, 0.4) is 0 Å². The number of rotatable bonds is 7. The van der Waals surface area contributed by atoms with Gasteiger partial charge in [0.15, 0.2) is 0 Å². The molecular weight excluding hydrogens is 296 g/mol. The lowest BCUT2D eigenvalue weighted by Gasteiger charge is -2.32. The number of methoxy groups -OCH3 is 1. The van der Waals surface area contributed by atoms with Crippen molar-refractivity contribution in [3.63, 3.8) is 0 Å². The maximum Gasteiger partial charge on any atom is 0.126 e. The van der Waals surface area contributed by atoms with Gasteiger partial charge in [-0.2, -0.15) is 0 Å². The summed E-state index contributed by atoms with van der Waals surface area (Å²) in [4.78, 5) is 0. The van der Waals surface area contributed by atoms with Crippen LogP contribution in [-0.4, -0.2) is 12.2 Å². The Morgan fingerprint density at radius 3 is 2.71 bits per heavy atom. The van der Waals surface area contributed by atoms with Crippen molar-refractivity contribution in [1.29, 1.82) is 0 Å². The molecular formula is C22H32O2. The summed E-state index contributed by atoms with van der Waals surface area (Å²) >= 11 is 0. The molecule has 1 aliphatic rings. The third kappa shape index (κ3) is 4.23. The molecule has 1 aromatic carbocycles. The summed E-state index contributed by atoms with van der Waals surface area (Å²) in [6, 6.07) is 4.04. The number of aryl methyl sites for hydroxylation is 1. The van der Waals surface area contributed by atoms with Gasteiger partial charge in [-0.05, 0) is 63.1 Å². The fourth-order valence-corrected chi connectivity index (χ4v) is 3.80. The molecule has 0 heterocycles. The molecule has 0 amide bonds. The Kier molecular flexibility index (Phi) is 6.53. The molecule has 0 fully saturated rings. The Morgan fingerprint density at radius 2 is 2.08 bits per heavy atom. The van der Waals surface area contributed by atoms with Gasteiger partial charge in [-0.25, -0.2) is 0 Å². The minimum Gasteiger partial charge on any atom is -0.507 e. The molecule has 0 aromatic heterocycles. The van der Waals surface area contributed by atoms with Gasteiger partial charge in [0, 0.05) is 11.5 Å². The van der Waals surface area contributed by atoms with E-state index in [1.54, 1.807) is 7.11 Å². The van der Waals surface area contributed by atoms with Gasteiger partial charge in [0.2, 0.25) is 0 Å². The highest BCUT2D eigenvalue weighted by atomic mass is 16.5. The lowest BCUT2D eigenvalue weighted by atomic mass is 9.73. The SMILES string of the molecule is C=C(C)[C@@H]1CCC(C)=C[C@@H]1c1c(O)cc(CCCCC)cc1OC. The van der Waals surface area contributed by atoms with Crippen molar-refractivity contribution >= 4 is 0 Å². The van der Waals surface area contributed by atoms with E-state index in [1.165, 1.54) is 24.0 Å². The molecule has 0 spiro atoms. The minimum atomic E-state index is 0.149. The molecule has 0 bridgehead atoms. The van der Waals surface area contributed by atoms with Gasteiger partial charge in [0.25, 0.3) is 0 Å². The van der Waals surface area contributed by atoms with Crippen LogP contribution in [0.1, 0.15) is 69.9 Å². The first-order chi connectivity index (χ1) is 11.5. The molecule has 24 heavy (non-hydrogen) atoms. The van der Waals surface area contributed by atoms with Crippen LogP contribution in [0.25, 0.3) is 0 Å². The molecule has 2 atom stereocenters. The summed E-state index contributed by atoms with van der Waals surface area (Å²) in [7, 11) is 1.70. The number of allylic oxidation sites excluding steroid dienone is 3. The van der Waals surface area contributed by atoms with Crippen LogP contribution in [0.15, 0.2) is 35.9 Å². The lowest BCUT2D eigenvalue weighted by molar-refractivity contribution is 0.381. The summed E-state index contributed by atoms with van der Waals surface area (Å²) in [5, 5.41) is 10.8. The van der Waals surface area contributed by atoms with Crippen LogP contribution in [0.4, 0.5) is 0 Å². The largest absolute Gasteiger partial charge is 0.507 e. The summed E-state index contributed by atoms with van der Waals surface area (Å²) in [6.07, 6.45) is 9.03. The van der Waals surface area contributed by atoms with E-state index in [9.17, 15) is 5.11 Å².